The van der Waals surface area contributed by atoms with Gasteiger partial charge in [-0.25, -0.2) is 0 Å². The lowest BCUT2D eigenvalue weighted by Gasteiger charge is -2.30. The quantitative estimate of drug-likeness (QED) is 0.443. The SMILES string of the molecule is CCN(c1cc(Cl)c([N+]#N)cc1OC)C(S)CCc1ccccc1.[Cl-]. The topological polar surface area (TPSA) is 40.6 Å². The summed E-state index contributed by atoms with van der Waals surface area (Å²) in [6, 6.07) is 13.7. The Bertz CT molecular complexity index is 722. The van der Waals surface area contributed by atoms with E-state index in [0.717, 1.165) is 25.1 Å². The molecule has 134 valence electrons. The highest BCUT2D eigenvalue weighted by molar-refractivity contribution is 7.81. The average molecular weight is 398 g/mol. The van der Waals surface area contributed by atoms with Gasteiger partial charge in [-0.2, -0.15) is 12.6 Å². The van der Waals surface area contributed by atoms with Crippen LogP contribution in [0, 0.1) is 5.39 Å². The van der Waals surface area contributed by atoms with Crippen molar-refractivity contribution in [2.24, 2.45) is 0 Å². The van der Waals surface area contributed by atoms with E-state index in [1.165, 1.54) is 5.56 Å². The van der Waals surface area contributed by atoms with E-state index in [1.807, 2.05) is 18.2 Å². The van der Waals surface area contributed by atoms with Crippen molar-refractivity contribution in [3.05, 3.63) is 58.0 Å². The summed E-state index contributed by atoms with van der Waals surface area (Å²) in [6.45, 7) is 2.81. The highest BCUT2D eigenvalue weighted by Gasteiger charge is 2.23. The van der Waals surface area contributed by atoms with E-state index in [1.54, 1.807) is 19.2 Å². The summed E-state index contributed by atoms with van der Waals surface area (Å²) in [6.07, 6.45) is 1.82. The van der Waals surface area contributed by atoms with Crippen molar-refractivity contribution in [2.45, 2.75) is 25.1 Å². The number of ether oxygens (including phenoxy) is 1. The molecule has 25 heavy (non-hydrogen) atoms. The molecule has 0 amide bonds. The molecule has 4 nitrogen and oxygen atoms in total. The van der Waals surface area contributed by atoms with Gasteiger partial charge in [-0.15, -0.1) is 0 Å². The highest BCUT2D eigenvalue weighted by atomic mass is 35.5. The zero-order chi connectivity index (χ0) is 17.5. The Morgan fingerprint density at radius 2 is 1.96 bits per heavy atom. The number of halogens is 2. The first-order valence-corrected chi connectivity index (χ1v) is 8.71. The third kappa shape index (κ3) is 5.43. The van der Waals surface area contributed by atoms with Crippen molar-refractivity contribution in [1.29, 1.82) is 5.39 Å². The smallest absolute Gasteiger partial charge is 0.407 e. The second kappa shape index (κ2) is 10.4. The number of thiol groups is 1. The normalized spacial score (nSPS) is 11.2. The number of anilines is 1. The fraction of sp³-hybridized carbons (Fsp3) is 0.333. The maximum Gasteiger partial charge on any atom is 0.407 e. The molecule has 0 radical (unpaired) electrons. The Labute approximate surface area is 165 Å². The number of hydrogen-bond donors (Lipinski definition) is 1. The predicted molar refractivity (Wildman–Crippen MR) is 103 cm³/mol. The molecular formula is C18H21Cl2N3OS. The van der Waals surface area contributed by atoms with Gasteiger partial charge in [0, 0.05) is 6.54 Å². The molecule has 1 atom stereocenters. The molecule has 0 saturated carbocycles. The van der Waals surface area contributed by atoms with Crippen LogP contribution in [0.15, 0.2) is 42.5 Å². The summed E-state index contributed by atoms with van der Waals surface area (Å²) in [5.74, 6) is 0.604. The first kappa shape index (κ1) is 21.4. The maximum atomic E-state index is 9.00. The summed E-state index contributed by atoms with van der Waals surface area (Å²) in [5, 5.41) is 9.38. The fourth-order valence-corrected chi connectivity index (χ4v) is 3.25. The number of diazo groups is 1. The van der Waals surface area contributed by atoms with Crippen molar-refractivity contribution in [3.63, 3.8) is 0 Å². The van der Waals surface area contributed by atoms with Crippen molar-refractivity contribution in [3.8, 4) is 5.75 Å². The Morgan fingerprint density at radius 1 is 1.28 bits per heavy atom. The zero-order valence-electron chi connectivity index (χ0n) is 14.2. The van der Waals surface area contributed by atoms with Gasteiger partial charge in [0.1, 0.15) is 10.8 Å². The van der Waals surface area contributed by atoms with Gasteiger partial charge in [-0.1, -0.05) is 41.9 Å². The van der Waals surface area contributed by atoms with Crippen LogP contribution in [0.2, 0.25) is 5.02 Å². The monoisotopic (exact) mass is 397 g/mol. The number of nitrogens with zero attached hydrogens (tertiary/aromatic N) is 3. The number of methoxy groups -OCH3 is 1. The number of rotatable bonds is 7. The van der Waals surface area contributed by atoms with Crippen molar-refractivity contribution in [1.82, 2.24) is 0 Å². The third-order valence-corrected chi connectivity index (χ3v) is 4.74. The molecule has 0 aliphatic heterocycles. The van der Waals surface area contributed by atoms with Crippen LogP contribution in [0.5, 0.6) is 5.75 Å². The molecule has 0 spiro atoms. The standard InChI is InChI=1S/C18H20ClN3OS.ClH/c1-3-22(18(24)10-9-13-7-5-4-6-8-13)16-11-14(19)15(21-20)12-17(16)23-2;/h4-8,11-12,18H,3,9-10H2,1-2H3;1H. The van der Waals surface area contributed by atoms with Crippen LogP contribution in [-0.2, 0) is 6.42 Å². The molecule has 2 aromatic carbocycles. The van der Waals surface area contributed by atoms with E-state index in [-0.39, 0.29) is 23.5 Å². The third-order valence-electron chi connectivity index (χ3n) is 3.90. The maximum absolute atomic E-state index is 9.00. The molecule has 0 saturated heterocycles. The molecule has 0 bridgehead atoms. The van der Waals surface area contributed by atoms with E-state index in [0.29, 0.717) is 10.8 Å². The Hall–Kier alpha value is -1.61. The Morgan fingerprint density at radius 3 is 2.52 bits per heavy atom. The summed E-state index contributed by atoms with van der Waals surface area (Å²) < 4.78 is 5.43. The first-order chi connectivity index (χ1) is 11.6. The summed E-state index contributed by atoms with van der Waals surface area (Å²) >= 11 is 10.9. The summed E-state index contributed by atoms with van der Waals surface area (Å²) in [4.78, 5) is 5.30. The minimum absolute atomic E-state index is 0. The van der Waals surface area contributed by atoms with E-state index >= 15 is 0 Å². The first-order valence-electron chi connectivity index (χ1n) is 7.82. The van der Waals surface area contributed by atoms with Gasteiger partial charge in [0.2, 0.25) is 5.39 Å². The van der Waals surface area contributed by atoms with Gasteiger partial charge in [0.05, 0.1) is 24.2 Å². The molecule has 0 aromatic heterocycles. The lowest BCUT2D eigenvalue weighted by atomic mass is 10.1. The van der Waals surface area contributed by atoms with Crippen LogP contribution in [0.25, 0.3) is 4.98 Å². The average Bonchev–Trinajstić information content (AvgIpc) is 2.61. The lowest BCUT2D eigenvalue weighted by Crippen LogP contribution is -3.00. The number of aryl methyl sites for hydroxylation is 1. The summed E-state index contributed by atoms with van der Waals surface area (Å²) in [5.41, 5.74) is 2.41. The van der Waals surface area contributed by atoms with Gasteiger partial charge in [0.25, 0.3) is 0 Å². The minimum atomic E-state index is 0. The Balaban J connectivity index is 0.00000312. The molecular weight excluding hydrogens is 377 g/mol. The molecule has 2 rings (SSSR count). The van der Waals surface area contributed by atoms with Gasteiger partial charge < -0.3 is 22.0 Å². The van der Waals surface area contributed by atoms with Gasteiger partial charge >= 0.3 is 5.69 Å². The van der Waals surface area contributed by atoms with Crippen molar-refractivity contribution < 1.29 is 17.1 Å². The molecule has 0 fully saturated rings. The molecule has 1 unspecified atom stereocenters. The van der Waals surface area contributed by atoms with Gasteiger partial charge in [0.15, 0.2) is 4.98 Å². The van der Waals surface area contributed by atoms with Crippen LogP contribution >= 0.6 is 24.2 Å². The van der Waals surface area contributed by atoms with E-state index in [9.17, 15) is 0 Å². The largest absolute Gasteiger partial charge is 1.00 e. The van der Waals surface area contributed by atoms with Crippen LogP contribution in [-0.4, -0.2) is 19.0 Å². The fourth-order valence-electron chi connectivity index (χ4n) is 2.63. The molecule has 0 heterocycles. The molecule has 0 aliphatic rings. The highest BCUT2D eigenvalue weighted by Crippen LogP contribution is 2.39. The Kier molecular flexibility index (Phi) is 8.91. The van der Waals surface area contributed by atoms with Crippen LogP contribution < -0.4 is 22.0 Å². The van der Waals surface area contributed by atoms with Gasteiger partial charge in [-0.05, 0) is 31.4 Å². The van der Waals surface area contributed by atoms with Crippen molar-refractivity contribution >= 4 is 35.6 Å². The molecule has 0 aliphatic carbocycles. The molecule has 2 aromatic rings. The van der Waals surface area contributed by atoms with E-state index < -0.39 is 0 Å². The van der Waals surface area contributed by atoms with Gasteiger partial charge in [-0.3, -0.25) is 0 Å². The molecule has 7 heteroatoms. The predicted octanol–water partition coefficient (Wildman–Crippen LogP) is 2.55. The number of benzene rings is 2. The van der Waals surface area contributed by atoms with Crippen LogP contribution in [0.1, 0.15) is 18.9 Å². The van der Waals surface area contributed by atoms with Crippen LogP contribution in [0.4, 0.5) is 11.4 Å². The second-order valence-electron chi connectivity index (χ2n) is 5.37. The minimum Gasteiger partial charge on any atom is -1.00 e. The second-order valence-corrected chi connectivity index (χ2v) is 6.37. The molecule has 0 N–H and O–H groups in total. The number of hydrogen-bond acceptors (Lipinski definition) is 4. The lowest BCUT2D eigenvalue weighted by molar-refractivity contribution is -0.00000522. The van der Waals surface area contributed by atoms with E-state index in [4.69, 9.17) is 34.4 Å². The zero-order valence-corrected chi connectivity index (χ0v) is 16.6. The van der Waals surface area contributed by atoms with Crippen molar-refractivity contribution in [2.75, 3.05) is 18.6 Å². The van der Waals surface area contributed by atoms with Crippen LogP contribution in [0.3, 0.4) is 0 Å². The summed E-state index contributed by atoms with van der Waals surface area (Å²) in [7, 11) is 1.58. The van der Waals surface area contributed by atoms with E-state index in [2.05, 4.69) is 28.9 Å².